The number of benzene rings is 1. The Morgan fingerprint density at radius 1 is 1.40 bits per heavy atom. The van der Waals surface area contributed by atoms with Gasteiger partial charge in [-0.25, -0.2) is 8.78 Å². The first-order valence-corrected chi connectivity index (χ1v) is 4.36. The molecule has 0 aliphatic rings. The Labute approximate surface area is 90.6 Å². The van der Waals surface area contributed by atoms with Crippen molar-refractivity contribution < 1.29 is 8.78 Å². The Hall–Kier alpha value is -1.60. The second-order valence-corrected chi connectivity index (χ2v) is 3.30. The zero-order chi connectivity index (χ0) is 11.6. The predicted octanol–water partition coefficient (Wildman–Crippen LogP) is 2.83. The first kappa shape index (κ1) is 11.5. The van der Waals surface area contributed by atoms with Crippen molar-refractivity contribution in [3.63, 3.8) is 0 Å². The quantitative estimate of drug-likeness (QED) is 0.594. The van der Waals surface area contributed by atoms with E-state index in [9.17, 15) is 8.78 Å². The third-order valence-corrected chi connectivity index (χ3v) is 2.16. The van der Waals surface area contributed by atoms with Gasteiger partial charge in [0.15, 0.2) is 0 Å². The number of rotatable bonds is 1. The van der Waals surface area contributed by atoms with Crippen LogP contribution in [0.15, 0.2) is 17.7 Å². The molecule has 0 unspecified atom stereocenters. The summed E-state index contributed by atoms with van der Waals surface area (Å²) >= 11 is 5.37. The van der Waals surface area contributed by atoms with Crippen LogP contribution in [0.25, 0.3) is 5.70 Å². The molecule has 0 aromatic heterocycles. The molecular formula is C10H7ClF2N2. The van der Waals surface area contributed by atoms with E-state index in [0.29, 0.717) is 0 Å². The van der Waals surface area contributed by atoms with E-state index in [0.717, 1.165) is 12.1 Å². The lowest BCUT2D eigenvalue weighted by molar-refractivity contribution is 0.597. The fourth-order valence-electron chi connectivity index (χ4n) is 0.991. The zero-order valence-corrected chi connectivity index (χ0v) is 8.57. The molecule has 0 bridgehead atoms. The fraction of sp³-hybridized carbons (Fsp3) is 0.100. The van der Waals surface area contributed by atoms with Crippen molar-refractivity contribution >= 4 is 17.3 Å². The molecular weight excluding hydrogens is 222 g/mol. The number of nitriles is 1. The van der Waals surface area contributed by atoms with Crippen LogP contribution in [0.2, 0.25) is 5.02 Å². The van der Waals surface area contributed by atoms with Crippen LogP contribution in [0, 0.1) is 23.0 Å². The molecule has 0 atom stereocenters. The number of halogens is 3. The third kappa shape index (κ3) is 2.25. The van der Waals surface area contributed by atoms with Gasteiger partial charge in [0, 0.05) is 5.56 Å². The maximum atomic E-state index is 13.3. The van der Waals surface area contributed by atoms with E-state index in [-0.39, 0.29) is 21.9 Å². The Morgan fingerprint density at radius 2 is 2.00 bits per heavy atom. The molecule has 0 saturated carbocycles. The van der Waals surface area contributed by atoms with E-state index in [2.05, 4.69) is 0 Å². The van der Waals surface area contributed by atoms with E-state index < -0.39 is 11.6 Å². The van der Waals surface area contributed by atoms with Crippen molar-refractivity contribution in [2.75, 3.05) is 0 Å². The zero-order valence-electron chi connectivity index (χ0n) is 7.81. The molecule has 0 amide bonds. The minimum absolute atomic E-state index is 0.0921. The number of hydrogen-bond donors (Lipinski definition) is 1. The molecule has 15 heavy (non-hydrogen) atoms. The van der Waals surface area contributed by atoms with Gasteiger partial charge in [0.25, 0.3) is 0 Å². The molecule has 0 fully saturated rings. The molecule has 2 nitrogen and oxygen atoms in total. The second kappa shape index (κ2) is 4.28. The van der Waals surface area contributed by atoms with E-state index in [4.69, 9.17) is 22.6 Å². The van der Waals surface area contributed by atoms with Crippen LogP contribution in [-0.4, -0.2) is 0 Å². The Bertz CT molecular complexity index is 475. The molecule has 0 aliphatic heterocycles. The van der Waals surface area contributed by atoms with Gasteiger partial charge in [0.1, 0.15) is 11.6 Å². The summed E-state index contributed by atoms with van der Waals surface area (Å²) in [5, 5.41) is 8.23. The van der Waals surface area contributed by atoms with E-state index >= 15 is 0 Å². The van der Waals surface area contributed by atoms with Crippen LogP contribution < -0.4 is 5.73 Å². The van der Waals surface area contributed by atoms with E-state index in [1.165, 1.54) is 6.92 Å². The van der Waals surface area contributed by atoms with Crippen molar-refractivity contribution in [3.05, 3.63) is 39.9 Å². The lowest BCUT2D eigenvalue weighted by Gasteiger charge is -2.05. The van der Waals surface area contributed by atoms with Gasteiger partial charge in [0.2, 0.25) is 0 Å². The number of nitrogens with zero attached hydrogens (tertiary/aromatic N) is 1. The van der Waals surface area contributed by atoms with Gasteiger partial charge in [-0.2, -0.15) is 5.26 Å². The molecule has 1 rings (SSSR count). The standard InChI is InChI=1S/C10H7ClF2N2/c1-5(4-14)10(15)6-2-9(13)7(11)3-8(6)12/h2-3H,15H2,1H3/b10-5-. The van der Waals surface area contributed by atoms with Gasteiger partial charge < -0.3 is 5.73 Å². The monoisotopic (exact) mass is 228 g/mol. The van der Waals surface area contributed by atoms with Crippen LogP contribution in [0.1, 0.15) is 12.5 Å². The maximum Gasteiger partial charge on any atom is 0.142 e. The molecule has 0 spiro atoms. The maximum absolute atomic E-state index is 13.3. The molecule has 78 valence electrons. The van der Waals surface area contributed by atoms with E-state index in [1.807, 2.05) is 0 Å². The van der Waals surface area contributed by atoms with Crippen molar-refractivity contribution in [1.82, 2.24) is 0 Å². The summed E-state index contributed by atoms with van der Waals surface area (Å²) in [6.45, 7) is 1.42. The van der Waals surface area contributed by atoms with Crippen LogP contribution in [-0.2, 0) is 0 Å². The van der Waals surface area contributed by atoms with Crippen LogP contribution >= 0.6 is 11.6 Å². The summed E-state index contributed by atoms with van der Waals surface area (Å²) < 4.78 is 26.3. The lowest BCUT2D eigenvalue weighted by Crippen LogP contribution is -2.03. The minimum atomic E-state index is -0.776. The summed E-state index contributed by atoms with van der Waals surface area (Å²) in [6.07, 6.45) is 0. The topological polar surface area (TPSA) is 49.8 Å². The minimum Gasteiger partial charge on any atom is -0.397 e. The first-order valence-electron chi connectivity index (χ1n) is 3.98. The second-order valence-electron chi connectivity index (χ2n) is 2.90. The molecule has 0 radical (unpaired) electrons. The molecule has 0 saturated heterocycles. The molecule has 2 N–H and O–H groups in total. The van der Waals surface area contributed by atoms with Crippen molar-refractivity contribution in [3.8, 4) is 6.07 Å². The highest BCUT2D eigenvalue weighted by Crippen LogP contribution is 2.23. The Balaban J connectivity index is 3.41. The lowest BCUT2D eigenvalue weighted by atomic mass is 10.1. The highest BCUT2D eigenvalue weighted by Gasteiger charge is 2.12. The molecule has 5 heteroatoms. The van der Waals surface area contributed by atoms with Gasteiger partial charge in [-0.1, -0.05) is 11.6 Å². The van der Waals surface area contributed by atoms with E-state index in [1.54, 1.807) is 6.07 Å². The molecule has 0 heterocycles. The summed E-state index contributed by atoms with van der Waals surface area (Å²) in [5.74, 6) is -1.53. The average Bonchev–Trinajstić information content (AvgIpc) is 2.21. The van der Waals surface area contributed by atoms with Crippen molar-refractivity contribution in [1.29, 1.82) is 5.26 Å². The summed E-state index contributed by atoms with van der Waals surface area (Å²) in [6, 6.07) is 3.45. The molecule has 1 aromatic rings. The van der Waals surface area contributed by atoms with Gasteiger partial charge in [0.05, 0.1) is 22.4 Å². The highest BCUT2D eigenvalue weighted by atomic mass is 35.5. The SMILES string of the molecule is C/C(C#N)=C(/N)c1cc(F)c(Cl)cc1F. The number of hydrogen-bond acceptors (Lipinski definition) is 2. The summed E-state index contributed by atoms with van der Waals surface area (Å²) in [4.78, 5) is 0. The highest BCUT2D eigenvalue weighted by molar-refractivity contribution is 6.30. The van der Waals surface area contributed by atoms with Crippen molar-refractivity contribution in [2.45, 2.75) is 6.92 Å². The van der Waals surface area contributed by atoms with Crippen LogP contribution in [0.4, 0.5) is 8.78 Å². The Kier molecular flexibility index (Phi) is 3.28. The van der Waals surface area contributed by atoms with Gasteiger partial charge in [-0.05, 0) is 19.1 Å². The third-order valence-electron chi connectivity index (χ3n) is 1.87. The smallest absolute Gasteiger partial charge is 0.142 e. The average molecular weight is 229 g/mol. The largest absolute Gasteiger partial charge is 0.397 e. The van der Waals surface area contributed by atoms with Crippen LogP contribution in [0.3, 0.4) is 0 Å². The molecule has 0 aliphatic carbocycles. The van der Waals surface area contributed by atoms with Gasteiger partial charge >= 0.3 is 0 Å². The fourth-order valence-corrected chi connectivity index (χ4v) is 1.14. The summed E-state index contributed by atoms with van der Waals surface area (Å²) in [5.41, 5.74) is 5.35. The van der Waals surface area contributed by atoms with Gasteiger partial charge in [-0.15, -0.1) is 0 Å². The number of allylic oxidation sites excluding steroid dienone is 1. The predicted molar refractivity (Wildman–Crippen MR) is 53.8 cm³/mol. The van der Waals surface area contributed by atoms with Crippen LogP contribution in [0.5, 0.6) is 0 Å². The molecule has 1 aromatic carbocycles. The number of nitrogens with two attached hydrogens (primary N) is 1. The normalized spacial score (nSPS) is 11.9. The first-order chi connectivity index (χ1) is 6.97. The van der Waals surface area contributed by atoms with Crippen molar-refractivity contribution in [2.24, 2.45) is 5.73 Å². The van der Waals surface area contributed by atoms with Gasteiger partial charge in [-0.3, -0.25) is 0 Å². The summed E-state index contributed by atoms with van der Waals surface area (Å²) in [7, 11) is 0. The Morgan fingerprint density at radius 3 is 2.53 bits per heavy atom.